The van der Waals surface area contributed by atoms with Crippen molar-refractivity contribution < 1.29 is 32.2 Å². The van der Waals surface area contributed by atoms with Gasteiger partial charge in [0.25, 0.3) is 0 Å². The van der Waals surface area contributed by atoms with Crippen LogP contribution < -0.4 is 4.74 Å². The molecule has 1 amide bonds. The van der Waals surface area contributed by atoms with Crippen LogP contribution in [0.4, 0.5) is 18.0 Å². The average molecular weight is 493 g/mol. The Balaban J connectivity index is 1.72. The van der Waals surface area contributed by atoms with E-state index < -0.39 is 41.1 Å². The van der Waals surface area contributed by atoms with Crippen LogP contribution in [0.5, 0.6) is 5.75 Å². The number of carbonyl (C=O) groups is 1. The normalized spacial score (nSPS) is 25.1. The number of methoxy groups -OCH3 is 1. The lowest BCUT2D eigenvalue weighted by atomic mass is 9.76. The molecule has 6 nitrogen and oxygen atoms in total. The van der Waals surface area contributed by atoms with E-state index in [1.165, 1.54) is 13.2 Å². The molecule has 2 fully saturated rings. The molecule has 0 unspecified atom stereocenters. The fourth-order valence-corrected chi connectivity index (χ4v) is 5.16. The summed E-state index contributed by atoms with van der Waals surface area (Å²) in [4.78, 5) is 18.9. The molecular formula is C26H31F3N2O4. The number of piperidine rings is 1. The zero-order valence-corrected chi connectivity index (χ0v) is 20.4. The van der Waals surface area contributed by atoms with Gasteiger partial charge in [-0.2, -0.15) is 13.2 Å². The van der Waals surface area contributed by atoms with Crippen LogP contribution in [0.25, 0.3) is 0 Å². The smallest absolute Gasteiger partial charge is 0.433 e. The summed E-state index contributed by atoms with van der Waals surface area (Å²) >= 11 is 0. The van der Waals surface area contributed by atoms with E-state index in [1.54, 1.807) is 4.90 Å². The Morgan fingerprint density at radius 3 is 2.49 bits per heavy atom. The Morgan fingerprint density at radius 1 is 1.14 bits per heavy atom. The van der Waals surface area contributed by atoms with E-state index in [4.69, 9.17) is 14.2 Å². The summed E-state index contributed by atoms with van der Waals surface area (Å²) in [5, 5.41) is 0. The first-order valence-corrected chi connectivity index (χ1v) is 11.7. The van der Waals surface area contributed by atoms with Gasteiger partial charge in [-0.25, -0.2) is 9.78 Å². The third-order valence-electron chi connectivity index (χ3n) is 6.50. The minimum atomic E-state index is -4.57. The van der Waals surface area contributed by atoms with E-state index in [9.17, 15) is 18.0 Å². The molecular weight excluding hydrogens is 461 g/mol. The molecule has 0 N–H and O–H groups in total. The molecule has 2 saturated heterocycles. The van der Waals surface area contributed by atoms with Gasteiger partial charge >= 0.3 is 12.3 Å². The lowest BCUT2D eigenvalue weighted by Crippen LogP contribution is -2.53. The maximum absolute atomic E-state index is 13.4. The maximum atomic E-state index is 13.4. The molecule has 2 aliphatic heterocycles. The second kappa shape index (κ2) is 9.33. The van der Waals surface area contributed by atoms with Crippen molar-refractivity contribution in [3.63, 3.8) is 0 Å². The fourth-order valence-electron chi connectivity index (χ4n) is 5.16. The van der Waals surface area contributed by atoms with E-state index in [0.717, 1.165) is 11.6 Å². The third-order valence-corrected chi connectivity index (χ3v) is 6.50. The molecule has 0 radical (unpaired) electrons. The molecule has 0 saturated carbocycles. The molecule has 9 heteroatoms. The number of nitrogens with zero attached hydrogens (tertiary/aromatic N) is 2. The highest BCUT2D eigenvalue weighted by Crippen LogP contribution is 2.52. The largest absolute Gasteiger partial charge is 0.495 e. The zero-order valence-electron chi connectivity index (χ0n) is 20.4. The van der Waals surface area contributed by atoms with Crippen molar-refractivity contribution in [1.82, 2.24) is 9.88 Å². The molecule has 35 heavy (non-hydrogen) atoms. The van der Waals surface area contributed by atoms with E-state index in [1.807, 2.05) is 51.1 Å². The first-order chi connectivity index (χ1) is 16.4. The van der Waals surface area contributed by atoms with Crippen LogP contribution in [0, 0.1) is 0 Å². The predicted octanol–water partition coefficient (Wildman–Crippen LogP) is 6.12. The Labute approximate surface area is 203 Å². The number of amides is 1. The van der Waals surface area contributed by atoms with Gasteiger partial charge in [-0.15, -0.1) is 0 Å². The zero-order chi connectivity index (χ0) is 25.4. The SMILES string of the molecule is COc1ccc(C(F)(F)F)nc1[C@@H]1CO[C@]2(CCCN(C(=O)OC(C)(C)C)[C@H]2c2ccccc2)C1. The lowest BCUT2D eigenvalue weighted by Gasteiger charge is -2.47. The number of likely N-dealkylation sites (tertiary alicyclic amines) is 1. The number of carbonyl (C=O) groups excluding carboxylic acids is 1. The van der Waals surface area contributed by atoms with Crippen molar-refractivity contribution in [3.05, 3.63) is 59.4 Å². The second-order valence-corrected chi connectivity index (χ2v) is 10.1. The Bertz CT molecular complexity index is 1050. The number of benzene rings is 1. The monoisotopic (exact) mass is 492 g/mol. The van der Waals surface area contributed by atoms with Gasteiger partial charge in [0.1, 0.15) is 17.0 Å². The number of ether oxygens (including phenoxy) is 3. The van der Waals surface area contributed by atoms with E-state index in [0.29, 0.717) is 31.6 Å². The van der Waals surface area contributed by atoms with Crippen LogP contribution in [0.15, 0.2) is 42.5 Å². The molecule has 0 bridgehead atoms. The van der Waals surface area contributed by atoms with Crippen LogP contribution in [0.1, 0.15) is 68.9 Å². The molecule has 2 aromatic rings. The maximum Gasteiger partial charge on any atom is 0.433 e. The number of rotatable bonds is 3. The minimum absolute atomic E-state index is 0.177. The van der Waals surface area contributed by atoms with Crippen LogP contribution >= 0.6 is 0 Å². The van der Waals surface area contributed by atoms with Crippen molar-refractivity contribution in [1.29, 1.82) is 0 Å². The first kappa shape index (κ1) is 25.3. The van der Waals surface area contributed by atoms with Gasteiger partial charge in [0, 0.05) is 12.5 Å². The molecule has 3 atom stereocenters. The standard InChI is InChI=1S/C26H31F3N2O4/c1-24(2,3)35-23(32)31-14-8-13-25(22(31)17-9-6-5-7-10-17)15-18(16-34-25)21-19(33-4)11-12-20(30-21)26(27,28)29/h5-7,9-12,18,22H,8,13-16H2,1-4H3/t18-,22-,25+/m0/s1. The summed E-state index contributed by atoms with van der Waals surface area (Å²) in [5.74, 6) is -0.128. The van der Waals surface area contributed by atoms with E-state index >= 15 is 0 Å². The summed E-state index contributed by atoms with van der Waals surface area (Å²) < 4.78 is 57.7. The minimum Gasteiger partial charge on any atom is -0.495 e. The van der Waals surface area contributed by atoms with Gasteiger partial charge in [-0.1, -0.05) is 30.3 Å². The van der Waals surface area contributed by atoms with Crippen LogP contribution in [0.3, 0.4) is 0 Å². The predicted molar refractivity (Wildman–Crippen MR) is 123 cm³/mol. The van der Waals surface area contributed by atoms with Crippen LogP contribution in [0.2, 0.25) is 0 Å². The van der Waals surface area contributed by atoms with Gasteiger partial charge in [0.05, 0.1) is 31.1 Å². The summed E-state index contributed by atoms with van der Waals surface area (Å²) in [5.41, 5.74) is -1.31. The van der Waals surface area contributed by atoms with E-state index in [2.05, 4.69) is 4.98 Å². The van der Waals surface area contributed by atoms with Gasteiger partial charge in [-0.05, 0) is 57.7 Å². The van der Waals surface area contributed by atoms with Crippen LogP contribution in [-0.4, -0.2) is 47.4 Å². The van der Waals surface area contributed by atoms with Gasteiger partial charge < -0.3 is 14.2 Å². The van der Waals surface area contributed by atoms with Crippen LogP contribution in [-0.2, 0) is 15.7 Å². The fraction of sp³-hybridized carbons (Fsp3) is 0.538. The lowest BCUT2D eigenvalue weighted by molar-refractivity contribution is -0.141. The Kier molecular flexibility index (Phi) is 6.74. The second-order valence-electron chi connectivity index (χ2n) is 10.1. The van der Waals surface area contributed by atoms with Gasteiger partial charge in [0.2, 0.25) is 0 Å². The highest BCUT2D eigenvalue weighted by Gasteiger charge is 2.54. The number of alkyl halides is 3. The van der Waals surface area contributed by atoms with Crippen molar-refractivity contribution in [2.75, 3.05) is 20.3 Å². The van der Waals surface area contributed by atoms with Crippen molar-refractivity contribution >= 4 is 6.09 Å². The quantitative estimate of drug-likeness (QED) is 0.516. The molecule has 4 rings (SSSR count). The third kappa shape index (κ3) is 5.24. The first-order valence-electron chi connectivity index (χ1n) is 11.7. The average Bonchev–Trinajstić information content (AvgIpc) is 3.21. The van der Waals surface area contributed by atoms with Crippen molar-refractivity contribution in [2.45, 2.75) is 69.4 Å². The molecule has 3 heterocycles. The molecule has 1 aromatic heterocycles. The highest BCUT2D eigenvalue weighted by atomic mass is 19.4. The van der Waals surface area contributed by atoms with E-state index in [-0.39, 0.29) is 12.3 Å². The molecule has 1 spiro atoms. The summed E-state index contributed by atoms with van der Waals surface area (Å²) in [7, 11) is 1.41. The van der Waals surface area contributed by atoms with Crippen molar-refractivity contribution in [3.8, 4) is 5.75 Å². The number of aromatic nitrogens is 1. The summed E-state index contributed by atoms with van der Waals surface area (Å²) in [6, 6.07) is 11.3. The summed E-state index contributed by atoms with van der Waals surface area (Å²) in [6.07, 6.45) is -3.27. The van der Waals surface area contributed by atoms with Gasteiger partial charge in [0.15, 0.2) is 0 Å². The molecule has 1 aromatic carbocycles. The Hall–Kier alpha value is -2.81. The summed E-state index contributed by atoms with van der Waals surface area (Å²) in [6.45, 7) is 6.12. The topological polar surface area (TPSA) is 60.9 Å². The number of hydrogen-bond donors (Lipinski definition) is 0. The number of halogens is 3. The number of pyridine rings is 1. The van der Waals surface area contributed by atoms with Gasteiger partial charge in [-0.3, -0.25) is 4.90 Å². The molecule has 0 aliphatic carbocycles. The highest BCUT2D eigenvalue weighted by molar-refractivity contribution is 5.69. The van der Waals surface area contributed by atoms with Crippen molar-refractivity contribution in [2.24, 2.45) is 0 Å². The Morgan fingerprint density at radius 2 is 1.86 bits per heavy atom. The number of hydrogen-bond acceptors (Lipinski definition) is 5. The molecule has 190 valence electrons. The molecule has 2 aliphatic rings.